The minimum Gasteiger partial charge on any atom is -0.366 e. The minimum absolute atomic E-state index is 0.147. The second-order valence-corrected chi connectivity index (χ2v) is 12.1. The van der Waals surface area contributed by atoms with Gasteiger partial charge >= 0.3 is 0 Å². The third kappa shape index (κ3) is 4.21. The van der Waals surface area contributed by atoms with Crippen LogP contribution in [0.5, 0.6) is 0 Å². The summed E-state index contributed by atoms with van der Waals surface area (Å²) in [4.78, 5) is 21.0. The van der Waals surface area contributed by atoms with Gasteiger partial charge in [-0.05, 0) is 63.9 Å². The highest BCUT2D eigenvalue weighted by atomic mass is 16.2. The summed E-state index contributed by atoms with van der Waals surface area (Å²) < 4.78 is 4.23. The highest BCUT2D eigenvalue weighted by Crippen LogP contribution is 2.53. The average Bonchev–Trinajstić information content (AvgIpc) is 3.41. The molecule has 3 aliphatic carbocycles. The zero-order valence-corrected chi connectivity index (χ0v) is 23.0. The van der Waals surface area contributed by atoms with Gasteiger partial charge in [0.25, 0.3) is 0 Å². The van der Waals surface area contributed by atoms with Gasteiger partial charge in [-0.3, -0.25) is 14.2 Å². The molecule has 0 aromatic carbocycles. The SMILES string of the molecule is Cc1cc(N2CCc3c(c(C)nn3CC34CCC(NCC(=O)N(C)C)(CC3)CC4)C2)c2cnn(C)c2n1. The van der Waals surface area contributed by atoms with E-state index in [0.29, 0.717) is 12.0 Å². The predicted molar refractivity (Wildman–Crippen MR) is 145 cm³/mol. The minimum atomic E-state index is 0.147. The quantitative estimate of drug-likeness (QED) is 0.555. The molecule has 3 fully saturated rings. The first kappa shape index (κ1) is 24.4. The lowest BCUT2D eigenvalue weighted by molar-refractivity contribution is -0.128. The van der Waals surface area contributed by atoms with Crippen molar-refractivity contribution in [1.82, 2.24) is 34.8 Å². The number of pyridine rings is 1. The third-order valence-electron chi connectivity index (χ3n) is 9.49. The molecule has 1 amide bonds. The van der Waals surface area contributed by atoms with E-state index in [-0.39, 0.29) is 11.4 Å². The predicted octanol–water partition coefficient (Wildman–Crippen LogP) is 3.12. The number of amides is 1. The molecule has 9 nitrogen and oxygen atoms in total. The molecular formula is C28H40N8O. The molecule has 7 rings (SSSR count). The summed E-state index contributed by atoms with van der Waals surface area (Å²) in [7, 11) is 5.62. The summed E-state index contributed by atoms with van der Waals surface area (Å²) >= 11 is 0. The van der Waals surface area contributed by atoms with Crippen molar-refractivity contribution in [3.05, 3.63) is 34.9 Å². The first-order chi connectivity index (χ1) is 17.7. The summed E-state index contributed by atoms with van der Waals surface area (Å²) in [6.07, 6.45) is 10.1. The number of aromatic nitrogens is 5. The Morgan fingerprint density at radius 1 is 1.14 bits per heavy atom. The van der Waals surface area contributed by atoms with Gasteiger partial charge in [-0.15, -0.1) is 0 Å². The molecule has 37 heavy (non-hydrogen) atoms. The van der Waals surface area contributed by atoms with Crippen LogP contribution in [0.2, 0.25) is 0 Å². The topological polar surface area (TPSA) is 84.1 Å². The standard InChI is InChI=1S/C28H40N8O/c1-19-14-24(21-15-30-34(5)26(21)31-19)35-13-6-23-22(17-35)20(2)32-36(23)18-27-7-10-28(11-8-27,12-9-27)29-16-25(37)33(3)4/h14-15,29H,6-13,16-18H2,1-5H3. The van der Waals surface area contributed by atoms with Crippen LogP contribution in [0.15, 0.2) is 12.3 Å². The number of carbonyl (C=O) groups excluding carboxylic acids is 1. The van der Waals surface area contributed by atoms with Crippen LogP contribution in [0.25, 0.3) is 11.0 Å². The van der Waals surface area contributed by atoms with E-state index in [1.807, 2.05) is 32.0 Å². The maximum Gasteiger partial charge on any atom is 0.236 e. The number of hydrogen-bond acceptors (Lipinski definition) is 6. The van der Waals surface area contributed by atoms with Crippen molar-refractivity contribution in [2.75, 3.05) is 32.1 Å². The molecular weight excluding hydrogens is 464 g/mol. The fourth-order valence-electron chi connectivity index (χ4n) is 6.98. The van der Waals surface area contributed by atoms with Crippen LogP contribution in [-0.4, -0.2) is 68.1 Å². The first-order valence-corrected chi connectivity index (χ1v) is 13.7. The molecule has 2 bridgehead atoms. The number of aryl methyl sites for hydroxylation is 3. The molecule has 198 valence electrons. The fourth-order valence-corrected chi connectivity index (χ4v) is 6.98. The van der Waals surface area contributed by atoms with Crippen molar-refractivity contribution < 1.29 is 4.79 Å². The Morgan fingerprint density at radius 3 is 2.57 bits per heavy atom. The number of likely N-dealkylation sites (N-methyl/N-ethyl adjacent to an activating group) is 1. The summed E-state index contributed by atoms with van der Waals surface area (Å²) in [5, 5.41) is 14.3. The van der Waals surface area contributed by atoms with Crippen molar-refractivity contribution >= 4 is 22.6 Å². The number of fused-ring (bicyclic) bond motifs is 5. The van der Waals surface area contributed by atoms with Gasteiger partial charge in [-0.2, -0.15) is 10.2 Å². The summed E-state index contributed by atoms with van der Waals surface area (Å²) in [6, 6.07) is 2.20. The lowest BCUT2D eigenvalue weighted by Gasteiger charge is -2.54. The Morgan fingerprint density at radius 2 is 1.86 bits per heavy atom. The number of rotatable bonds is 6. The molecule has 3 aromatic rings. The number of carbonyl (C=O) groups is 1. The zero-order valence-electron chi connectivity index (χ0n) is 23.0. The number of nitrogens with zero attached hydrogens (tertiary/aromatic N) is 7. The van der Waals surface area contributed by atoms with E-state index in [9.17, 15) is 4.79 Å². The van der Waals surface area contributed by atoms with E-state index < -0.39 is 0 Å². The average molecular weight is 505 g/mol. The van der Waals surface area contributed by atoms with Crippen LogP contribution >= 0.6 is 0 Å². The van der Waals surface area contributed by atoms with Crippen LogP contribution in [0.1, 0.15) is 61.2 Å². The van der Waals surface area contributed by atoms with E-state index in [1.54, 1.807) is 4.90 Å². The van der Waals surface area contributed by atoms with Gasteiger partial charge in [0, 0.05) is 69.7 Å². The molecule has 0 spiro atoms. The molecule has 4 aliphatic rings. The number of nitrogens with one attached hydrogen (secondary N) is 1. The van der Waals surface area contributed by atoms with Gasteiger partial charge in [0.15, 0.2) is 5.65 Å². The molecule has 9 heteroatoms. The largest absolute Gasteiger partial charge is 0.366 e. The molecule has 3 saturated carbocycles. The Balaban J connectivity index is 1.17. The summed E-state index contributed by atoms with van der Waals surface area (Å²) in [6.45, 7) is 7.57. The van der Waals surface area contributed by atoms with Crippen molar-refractivity contribution in [2.45, 2.75) is 77.4 Å². The van der Waals surface area contributed by atoms with E-state index in [0.717, 1.165) is 67.7 Å². The smallest absolute Gasteiger partial charge is 0.236 e. The second-order valence-electron chi connectivity index (χ2n) is 12.1. The van der Waals surface area contributed by atoms with Gasteiger partial charge in [0.2, 0.25) is 5.91 Å². The summed E-state index contributed by atoms with van der Waals surface area (Å²) in [5.41, 5.74) is 7.65. The van der Waals surface area contributed by atoms with Gasteiger partial charge < -0.3 is 15.1 Å². The molecule has 0 radical (unpaired) electrons. The van der Waals surface area contributed by atoms with Crippen LogP contribution in [-0.2, 0) is 31.4 Å². The van der Waals surface area contributed by atoms with Gasteiger partial charge in [-0.25, -0.2) is 4.98 Å². The van der Waals surface area contributed by atoms with Crippen molar-refractivity contribution in [3.8, 4) is 0 Å². The van der Waals surface area contributed by atoms with Gasteiger partial charge in [-0.1, -0.05) is 0 Å². The Labute approximate surface area is 219 Å². The van der Waals surface area contributed by atoms with Crippen LogP contribution in [0, 0.1) is 19.3 Å². The highest BCUT2D eigenvalue weighted by Gasteiger charge is 2.49. The lowest BCUT2D eigenvalue weighted by Crippen LogP contribution is -2.57. The fraction of sp³-hybridized carbons (Fsp3) is 0.643. The van der Waals surface area contributed by atoms with E-state index in [1.165, 1.54) is 36.2 Å². The van der Waals surface area contributed by atoms with Crippen molar-refractivity contribution in [2.24, 2.45) is 12.5 Å². The molecule has 0 atom stereocenters. The first-order valence-electron chi connectivity index (χ1n) is 13.7. The van der Waals surface area contributed by atoms with Crippen molar-refractivity contribution in [3.63, 3.8) is 0 Å². The normalized spacial score (nSPS) is 25.1. The highest BCUT2D eigenvalue weighted by molar-refractivity contribution is 5.89. The van der Waals surface area contributed by atoms with Gasteiger partial charge in [0.05, 0.1) is 29.5 Å². The Bertz CT molecular complexity index is 1330. The molecule has 3 aromatic heterocycles. The maximum absolute atomic E-state index is 12.1. The van der Waals surface area contributed by atoms with Crippen LogP contribution < -0.4 is 10.2 Å². The van der Waals surface area contributed by atoms with E-state index in [4.69, 9.17) is 10.1 Å². The lowest BCUT2D eigenvalue weighted by atomic mass is 9.57. The van der Waals surface area contributed by atoms with Gasteiger partial charge in [0.1, 0.15) is 0 Å². The molecule has 0 unspecified atom stereocenters. The molecule has 1 aliphatic heterocycles. The molecule has 1 N–H and O–H groups in total. The van der Waals surface area contributed by atoms with E-state index in [2.05, 4.69) is 39.9 Å². The van der Waals surface area contributed by atoms with Crippen LogP contribution in [0.3, 0.4) is 0 Å². The van der Waals surface area contributed by atoms with E-state index >= 15 is 0 Å². The number of anilines is 1. The van der Waals surface area contributed by atoms with Crippen LogP contribution in [0.4, 0.5) is 5.69 Å². The Kier molecular flexibility index (Phi) is 5.82. The molecule has 4 heterocycles. The summed E-state index contributed by atoms with van der Waals surface area (Å²) in [5.74, 6) is 0.163. The number of hydrogen-bond donors (Lipinski definition) is 1. The van der Waals surface area contributed by atoms with Crippen molar-refractivity contribution in [1.29, 1.82) is 0 Å². The molecule has 0 saturated heterocycles. The zero-order chi connectivity index (χ0) is 25.9. The maximum atomic E-state index is 12.1. The monoisotopic (exact) mass is 504 g/mol. The third-order valence-corrected chi connectivity index (χ3v) is 9.49. The Hall–Kier alpha value is -2.94. The second kappa shape index (κ2) is 8.82.